The molecular formula is C9H13N3O4S. The Kier molecular flexibility index (Phi) is 3.43. The van der Waals surface area contributed by atoms with Crippen molar-refractivity contribution in [3.8, 4) is 0 Å². The summed E-state index contributed by atoms with van der Waals surface area (Å²) >= 11 is 0. The number of rotatable bonds is 3. The highest BCUT2D eigenvalue weighted by Gasteiger charge is 2.25. The van der Waals surface area contributed by atoms with E-state index < -0.39 is 9.84 Å². The molecule has 0 aliphatic carbocycles. The molecule has 94 valence electrons. The molecular weight excluding hydrogens is 246 g/mol. The summed E-state index contributed by atoms with van der Waals surface area (Å²) in [4.78, 5) is 11.6. The Morgan fingerprint density at radius 2 is 2.47 bits per heavy atom. The summed E-state index contributed by atoms with van der Waals surface area (Å²) in [6.45, 7) is 0.396. The van der Waals surface area contributed by atoms with E-state index in [1.165, 1.54) is 12.5 Å². The highest BCUT2D eigenvalue weighted by atomic mass is 32.2. The van der Waals surface area contributed by atoms with Crippen LogP contribution in [0.15, 0.2) is 17.0 Å². The number of nitrogens with one attached hydrogen (secondary N) is 2. The highest BCUT2D eigenvalue weighted by Crippen LogP contribution is 2.08. The number of hydrogen-bond acceptors (Lipinski definition) is 6. The monoisotopic (exact) mass is 259 g/mol. The first kappa shape index (κ1) is 12.1. The zero-order valence-electron chi connectivity index (χ0n) is 9.05. The van der Waals surface area contributed by atoms with E-state index in [2.05, 4.69) is 20.3 Å². The largest absolute Gasteiger partial charge is 0.363 e. The van der Waals surface area contributed by atoms with E-state index in [1.54, 1.807) is 0 Å². The van der Waals surface area contributed by atoms with Crippen LogP contribution in [0.3, 0.4) is 0 Å². The molecule has 1 unspecified atom stereocenters. The second-order valence-electron chi connectivity index (χ2n) is 3.93. The first-order valence-corrected chi connectivity index (χ1v) is 7.00. The molecule has 2 N–H and O–H groups in total. The fourth-order valence-electron chi connectivity index (χ4n) is 1.70. The molecule has 0 spiro atoms. The maximum absolute atomic E-state index is 11.6. The maximum Gasteiger partial charge on any atom is 0.226 e. The summed E-state index contributed by atoms with van der Waals surface area (Å²) in [7, 11) is -3.01. The lowest BCUT2D eigenvalue weighted by atomic mass is 10.2. The highest BCUT2D eigenvalue weighted by molar-refractivity contribution is 7.91. The van der Waals surface area contributed by atoms with E-state index in [4.69, 9.17) is 0 Å². The number of aromatic nitrogens is 1. The van der Waals surface area contributed by atoms with Crippen LogP contribution in [0, 0.1) is 0 Å². The van der Waals surface area contributed by atoms with E-state index in [-0.39, 0.29) is 29.9 Å². The maximum atomic E-state index is 11.6. The van der Waals surface area contributed by atoms with Gasteiger partial charge >= 0.3 is 0 Å². The van der Waals surface area contributed by atoms with Crippen molar-refractivity contribution in [2.75, 3.05) is 23.4 Å². The van der Waals surface area contributed by atoms with Crippen LogP contribution in [-0.2, 0) is 14.6 Å². The number of carbonyl (C=O) groups is 1. The Labute approximate surface area is 98.5 Å². The van der Waals surface area contributed by atoms with Gasteiger partial charge in [-0.3, -0.25) is 4.79 Å². The molecule has 0 saturated carbocycles. The van der Waals surface area contributed by atoms with Crippen molar-refractivity contribution in [2.45, 2.75) is 12.5 Å². The molecule has 0 radical (unpaired) electrons. The number of anilines is 1. The van der Waals surface area contributed by atoms with Crippen molar-refractivity contribution < 1.29 is 17.7 Å². The third kappa shape index (κ3) is 3.53. The summed E-state index contributed by atoms with van der Waals surface area (Å²) in [5.41, 5.74) is 0.466. The van der Waals surface area contributed by atoms with Gasteiger partial charge in [0, 0.05) is 19.0 Å². The molecule has 1 amide bonds. The Hall–Kier alpha value is -1.41. The zero-order valence-corrected chi connectivity index (χ0v) is 9.87. The Morgan fingerprint density at radius 1 is 1.65 bits per heavy atom. The summed E-state index contributed by atoms with van der Waals surface area (Å²) in [6.07, 6.45) is 2.80. The quantitative estimate of drug-likeness (QED) is 0.751. The van der Waals surface area contributed by atoms with Crippen molar-refractivity contribution in [3.63, 3.8) is 0 Å². The molecule has 1 aliphatic rings. The zero-order chi connectivity index (χ0) is 12.3. The van der Waals surface area contributed by atoms with E-state index in [1.807, 2.05) is 0 Å². The third-order valence-electron chi connectivity index (χ3n) is 2.45. The molecule has 1 aromatic heterocycles. The van der Waals surface area contributed by atoms with Gasteiger partial charge in [-0.1, -0.05) is 5.16 Å². The molecule has 17 heavy (non-hydrogen) atoms. The molecule has 2 heterocycles. The number of sulfone groups is 1. The van der Waals surface area contributed by atoms with Crippen molar-refractivity contribution in [1.29, 1.82) is 0 Å². The van der Waals surface area contributed by atoms with E-state index in [9.17, 15) is 13.2 Å². The molecule has 7 nitrogen and oxygen atoms in total. The van der Waals surface area contributed by atoms with Gasteiger partial charge in [0.05, 0.1) is 17.7 Å². The topological polar surface area (TPSA) is 101 Å². The van der Waals surface area contributed by atoms with Crippen molar-refractivity contribution in [1.82, 2.24) is 10.5 Å². The SMILES string of the molecule is O=C(CC1CS(=O)(=O)CCN1)Nc1cnoc1. The van der Waals surface area contributed by atoms with Gasteiger partial charge in [-0.05, 0) is 0 Å². The lowest BCUT2D eigenvalue weighted by Crippen LogP contribution is -2.46. The first-order chi connectivity index (χ1) is 8.05. The van der Waals surface area contributed by atoms with Crippen LogP contribution in [0.25, 0.3) is 0 Å². The van der Waals surface area contributed by atoms with Crippen LogP contribution in [0.1, 0.15) is 6.42 Å². The van der Waals surface area contributed by atoms with Crippen molar-refractivity contribution in [2.24, 2.45) is 0 Å². The van der Waals surface area contributed by atoms with E-state index in [0.717, 1.165) is 0 Å². The lowest BCUT2D eigenvalue weighted by molar-refractivity contribution is -0.116. The van der Waals surface area contributed by atoms with Crippen LogP contribution in [0.2, 0.25) is 0 Å². The molecule has 2 rings (SSSR count). The number of amides is 1. The molecule has 1 aliphatic heterocycles. The number of hydrogen-bond donors (Lipinski definition) is 2. The summed E-state index contributed by atoms with van der Waals surface area (Å²) in [6, 6.07) is -0.325. The minimum Gasteiger partial charge on any atom is -0.363 e. The van der Waals surface area contributed by atoms with Crippen molar-refractivity contribution >= 4 is 21.4 Å². The average Bonchev–Trinajstić information content (AvgIpc) is 2.68. The standard InChI is InChI=1S/C9H13N3O4S/c13-9(12-8-4-11-16-5-8)3-7-6-17(14,15)2-1-10-7/h4-5,7,10H,1-3,6H2,(H,12,13). The van der Waals surface area contributed by atoms with Crippen LogP contribution >= 0.6 is 0 Å². The second kappa shape index (κ2) is 4.84. The Morgan fingerprint density at radius 3 is 3.12 bits per heavy atom. The van der Waals surface area contributed by atoms with Gasteiger partial charge in [0.15, 0.2) is 9.84 Å². The molecule has 1 saturated heterocycles. The molecule has 1 atom stereocenters. The van der Waals surface area contributed by atoms with E-state index >= 15 is 0 Å². The van der Waals surface area contributed by atoms with Crippen LogP contribution in [0.4, 0.5) is 5.69 Å². The fraction of sp³-hybridized carbons (Fsp3) is 0.556. The summed E-state index contributed by atoms with van der Waals surface area (Å²) in [5.74, 6) is -0.122. The minimum atomic E-state index is -3.01. The fourth-order valence-corrected chi connectivity index (χ4v) is 3.15. The first-order valence-electron chi connectivity index (χ1n) is 5.18. The van der Waals surface area contributed by atoms with Gasteiger partial charge in [-0.25, -0.2) is 8.42 Å². The van der Waals surface area contributed by atoms with E-state index in [0.29, 0.717) is 12.2 Å². The predicted octanol–water partition coefficient (Wildman–Crippen LogP) is -0.610. The summed E-state index contributed by atoms with van der Waals surface area (Å²) in [5, 5.41) is 9.02. The Balaban J connectivity index is 1.86. The molecule has 0 aromatic carbocycles. The number of nitrogens with zero attached hydrogens (tertiary/aromatic N) is 1. The molecule has 1 fully saturated rings. The minimum absolute atomic E-state index is 0.00402. The normalized spacial score (nSPS) is 23.2. The van der Waals surface area contributed by atoms with Gasteiger partial charge in [0.2, 0.25) is 5.91 Å². The van der Waals surface area contributed by atoms with Crippen LogP contribution in [0.5, 0.6) is 0 Å². The van der Waals surface area contributed by atoms with Gasteiger partial charge in [0.25, 0.3) is 0 Å². The van der Waals surface area contributed by atoms with Gasteiger partial charge in [0.1, 0.15) is 12.0 Å². The predicted molar refractivity (Wildman–Crippen MR) is 60.2 cm³/mol. The number of carbonyl (C=O) groups excluding carboxylic acids is 1. The Bertz CT molecular complexity index is 482. The molecule has 1 aromatic rings. The smallest absolute Gasteiger partial charge is 0.226 e. The van der Waals surface area contributed by atoms with Crippen molar-refractivity contribution in [3.05, 3.63) is 12.5 Å². The second-order valence-corrected chi connectivity index (χ2v) is 6.16. The van der Waals surface area contributed by atoms with Crippen LogP contribution in [-0.4, -0.2) is 43.6 Å². The molecule has 0 bridgehead atoms. The molecule has 8 heteroatoms. The van der Waals surface area contributed by atoms with Gasteiger partial charge in [-0.2, -0.15) is 0 Å². The third-order valence-corrected chi connectivity index (χ3v) is 4.19. The lowest BCUT2D eigenvalue weighted by Gasteiger charge is -2.22. The average molecular weight is 259 g/mol. The van der Waals surface area contributed by atoms with Crippen LogP contribution < -0.4 is 10.6 Å². The van der Waals surface area contributed by atoms with Gasteiger partial charge in [-0.15, -0.1) is 0 Å². The summed E-state index contributed by atoms with van der Waals surface area (Å²) < 4.78 is 27.3. The van der Waals surface area contributed by atoms with Gasteiger partial charge < -0.3 is 15.2 Å².